The summed E-state index contributed by atoms with van der Waals surface area (Å²) in [6, 6.07) is 4.48. The first-order valence-corrected chi connectivity index (χ1v) is 7.01. The highest BCUT2D eigenvalue weighted by atomic mass is 19.4. The summed E-state index contributed by atoms with van der Waals surface area (Å²) >= 11 is 0. The summed E-state index contributed by atoms with van der Waals surface area (Å²) in [7, 11) is 0. The summed E-state index contributed by atoms with van der Waals surface area (Å²) in [6.07, 6.45) is -3.02. The van der Waals surface area contributed by atoms with Gasteiger partial charge in [0.15, 0.2) is 0 Å². The molecule has 1 amide bonds. The number of halogens is 3. The van der Waals surface area contributed by atoms with Crippen LogP contribution in [0.5, 0.6) is 0 Å². The van der Waals surface area contributed by atoms with Gasteiger partial charge in [-0.05, 0) is 43.9 Å². The molecule has 3 nitrogen and oxygen atoms in total. The molecule has 1 aromatic rings. The van der Waals surface area contributed by atoms with Crippen LogP contribution in [0.4, 0.5) is 18.9 Å². The van der Waals surface area contributed by atoms with E-state index in [0.29, 0.717) is 24.1 Å². The molecular weight excluding hydrogens is 281 g/mol. The molecule has 3 N–H and O–H groups in total. The van der Waals surface area contributed by atoms with Crippen molar-refractivity contribution in [2.75, 3.05) is 5.73 Å². The first-order valence-electron chi connectivity index (χ1n) is 7.01. The van der Waals surface area contributed by atoms with E-state index in [4.69, 9.17) is 5.73 Å². The van der Waals surface area contributed by atoms with Crippen molar-refractivity contribution in [3.05, 3.63) is 29.3 Å². The smallest absolute Gasteiger partial charge is 0.391 e. The lowest BCUT2D eigenvalue weighted by molar-refractivity contribution is -0.183. The molecular formula is C15H19F3N2O. The predicted octanol–water partition coefficient (Wildman–Crippen LogP) is 3.43. The molecule has 1 aliphatic rings. The van der Waals surface area contributed by atoms with Crippen molar-refractivity contribution < 1.29 is 18.0 Å². The third kappa shape index (κ3) is 3.89. The van der Waals surface area contributed by atoms with Crippen LogP contribution in [0.3, 0.4) is 0 Å². The molecule has 0 saturated heterocycles. The number of amides is 1. The van der Waals surface area contributed by atoms with Crippen molar-refractivity contribution in [1.82, 2.24) is 5.32 Å². The number of carbonyl (C=O) groups is 1. The number of rotatable bonds is 2. The van der Waals surface area contributed by atoms with Crippen LogP contribution in [-0.4, -0.2) is 18.1 Å². The molecule has 0 heterocycles. The van der Waals surface area contributed by atoms with Crippen LogP contribution in [-0.2, 0) is 0 Å². The second-order valence-corrected chi connectivity index (χ2v) is 5.65. The Hall–Kier alpha value is -1.72. The van der Waals surface area contributed by atoms with Gasteiger partial charge >= 0.3 is 6.18 Å². The van der Waals surface area contributed by atoms with Gasteiger partial charge in [0.2, 0.25) is 0 Å². The van der Waals surface area contributed by atoms with Crippen molar-refractivity contribution in [2.24, 2.45) is 5.92 Å². The zero-order valence-corrected chi connectivity index (χ0v) is 11.8. The first-order chi connectivity index (χ1) is 9.77. The van der Waals surface area contributed by atoms with E-state index in [1.807, 2.05) is 6.92 Å². The molecule has 2 atom stereocenters. The molecule has 1 aliphatic carbocycles. The molecule has 1 fully saturated rings. The van der Waals surface area contributed by atoms with E-state index < -0.39 is 18.1 Å². The number of nitrogens with two attached hydrogens (primary N) is 1. The Kier molecular flexibility index (Phi) is 4.44. The SMILES string of the molecule is Cc1ccc(C(=O)NC2CCCC(C(F)(F)F)C2)cc1N. The zero-order valence-electron chi connectivity index (χ0n) is 11.8. The van der Waals surface area contributed by atoms with Gasteiger partial charge in [-0.1, -0.05) is 12.5 Å². The van der Waals surface area contributed by atoms with E-state index >= 15 is 0 Å². The highest BCUT2D eigenvalue weighted by Gasteiger charge is 2.42. The maximum atomic E-state index is 12.7. The van der Waals surface area contributed by atoms with Crippen LogP contribution < -0.4 is 11.1 Å². The minimum Gasteiger partial charge on any atom is -0.398 e. The molecule has 0 radical (unpaired) electrons. The average molecular weight is 300 g/mol. The molecule has 2 rings (SSSR count). The Bertz CT molecular complexity index is 528. The standard InChI is InChI=1S/C15H19F3N2O/c1-9-5-6-10(7-13(9)19)14(21)20-12-4-2-3-11(8-12)15(16,17)18/h5-7,11-12H,2-4,8,19H2,1H3,(H,20,21). The number of aryl methyl sites for hydroxylation is 1. The fourth-order valence-corrected chi connectivity index (χ4v) is 2.67. The van der Waals surface area contributed by atoms with Gasteiger partial charge in [-0.25, -0.2) is 0 Å². The lowest BCUT2D eigenvalue weighted by Gasteiger charge is -2.31. The van der Waals surface area contributed by atoms with Crippen molar-refractivity contribution in [1.29, 1.82) is 0 Å². The van der Waals surface area contributed by atoms with Crippen LogP contribution in [0.25, 0.3) is 0 Å². The van der Waals surface area contributed by atoms with Gasteiger partial charge in [0.05, 0.1) is 5.92 Å². The topological polar surface area (TPSA) is 55.1 Å². The quantitative estimate of drug-likeness (QED) is 0.822. The molecule has 1 saturated carbocycles. The number of nitrogens with one attached hydrogen (secondary N) is 1. The average Bonchev–Trinajstić information content (AvgIpc) is 2.41. The Balaban J connectivity index is 2.00. The maximum absolute atomic E-state index is 12.7. The van der Waals surface area contributed by atoms with Crippen LogP contribution in [0.15, 0.2) is 18.2 Å². The number of alkyl halides is 3. The summed E-state index contributed by atoms with van der Waals surface area (Å²) in [5.41, 5.74) is 7.49. The number of hydrogen-bond donors (Lipinski definition) is 2. The van der Waals surface area contributed by atoms with Crippen LogP contribution in [0.1, 0.15) is 41.6 Å². The third-order valence-corrected chi connectivity index (χ3v) is 4.01. The van der Waals surface area contributed by atoms with E-state index in [0.717, 1.165) is 5.56 Å². The minimum atomic E-state index is -4.18. The first kappa shape index (κ1) is 15.7. The van der Waals surface area contributed by atoms with E-state index in [2.05, 4.69) is 5.32 Å². The molecule has 1 aromatic carbocycles. The fraction of sp³-hybridized carbons (Fsp3) is 0.533. The van der Waals surface area contributed by atoms with Gasteiger partial charge in [-0.15, -0.1) is 0 Å². The van der Waals surface area contributed by atoms with Gasteiger partial charge in [0, 0.05) is 17.3 Å². The van der Waals surface area contributed by atoms with Gasteiger partial charge in [-0.3, -0.25) is 4.79 Å². The number of carbonyl (C=O) groups excluding carboxylic acids is 1. The maximum Gasteiger partial charge on any atom is 0.391 e. The second-order valence-electron chi connectivity index (χ2n) is 5.65. The summed E-state index contributed by atoms with van der Waals surface area (Å²) < 4.78 is 38.2. The Morgan fingerprint density at radius 1 is 1.33 bits per heavy atom. The van der Waals surface area contributed by atoms with Crippen molar-refractivity contribution in [2.45, 2.75) is 44.8 Å². The molecule has 0 aliphatic heterocycles. The molecule has 0 bridgehead atoms. The van der Waals surface area contributed by atoms with Gasteiger partial charge in [0.25, 0.3) is 5.91 Å². The Morgan fingerprint density at radius 3 is 2.67 bits per heavy atom. The molecule has 2 unspecified atom stereocenters. The molecule has 116 valence electrons. The van der Waals surface area contributed by atoms with E-state index in [9.17, 15) is 18.0 Å². The minimum absolute atomic E-state index is 0.0451. The summed E-state index contributed by atoms with van der Waals surface area (Å²) in [5.74, 6) is -1.69. The fourth-order valence-electron chi connectivity index (χ4n) is 2.67. The van der Waals surface area contributed by atoms with Crippen LogP contribution in [0, 0.1) is 12.8 Å². The lowest BCUT2D eigenvalue weighted by Crippen LogP contribution is -2.41. The van der Waals surface area contributed by atoms with Crippen molar-refractivity contribution in [3.63, 3.8) is 0 Å². The monoisotopic (exact) mass is 300 g/mol. The second kappa shape index (κ2) is 5.95. The summed E-state index contributed by atoms with van der Waals surface area (Å²) in [6.45, 7) is 1.83. The van der Waals surface area contributed by atoms with E-state index in [1.165, 1.54) is 0 Å². The largest absolute Gasteiger partial charge is 0.398 e. The van der Waals surface area contributed by atoms with E-state index in [-0.39, 0.29) is 18.7 Å². The highest BCUT2D eigenvalue weighted by Crippen LogP contribution is 2.37. The van der Waals surface area contributed by atoms with E-state index in [1.54, 1.807) is 18.2 Å². The number of nitrogen functional groups attached to an aromatic ring is 1. The summed E-state index contributed by atoms with van der Waals surface area (Å²) in [5, 5.41) is 2.69. The number of anilines is 1. The molecule has 0 spiro atoms. The van der Waals surface area contributed by atoms with Crippen molar-refractivity contribution >= 4 is 11.6 Å². The highest BCUT2D eigenvalue weighted by molar-refractivity contribution is 5.95. The van der Waals surface area contributed by atoms with Gasteiger partial charge < -0.3 is 11.1 Å². The van der Waals surface area contributed by atoms with Gasteiger partial charge in [-0.2, -0.15) is 13.2 Å². The Morgan fingerprint density at radius 2 is 2.05 bits per heavy atom. The van der Waals surface area contributed by atoms with Gasteiger partial charge in [0.1, 0.15) is 0 Å². The Labute approximate surface area is 121 Å². The number of benzene rings is 1. The number of hydrogen-bond acceptors (Lipinski definition) is 2. The lowest BCUT2D eigenvalue weighted by atomic mass is 9.85. The molecule has 21 heavy (non-hydrogen) atoms. The third-order valence-electron chi connectivity index (χ3n) is 4.01. The normalized spacial score (nSPS) is 22.9. The zero-order chi connectivity index (χ0) is 15.6. The van der Waals surface area contributed by atoms with Crippen molar-refractivity contribution in [3.8, 4) is 0 Å². The van der Waals surface area contributed by atoms with Crippen LogP contribution >= 0.6 is 0 Å². The molecule has 6 heteroatoms. The summed E-state index contributed by atoms with van der Waals surface area (Å²) in [4.78, 5) is 12.1. The molecule has 0 aromatic heterocycles. The van der Waals surface area contributed by atoms with Crippen LogP contribution in [0.2, 0.25) is 0 Å². The predicted molar refractivity (Wildman–Crippen MR) is 74.9 cm³/mol.